The fourth-order valence-electron chi connectivity index (χ4n) is 2.51. The summed E-state index contributed by atoms with van der Waals surface area (Å²) in [4.78, 5) is 7.03. The summed E-state index contributed by atoms with van der Waals surface area (Å²) < 4.78 is 0. The Kier molecular flexibility index (Phi) is 9.89. The molecule has 1 aliphatic heterocycles. The maximum Gasteiger partial charge on any atom is 0.191 e. The predicted octanol–water partition coefficient (Wildman–Crippen LogP) is 2.52. The van der Waals surface area contributed by atoms with E-state index in [-0.39, 0.29) is 36.5 Å². The molecule has 2 heterocycles. The van der Waals surface area contributed by atoms with E-state index in [0.717, 1.165) is 38.4 Å². The van der Waals surface area contributed by atoms with E-state index < -0.39 is 0 Å². The standard InChI is InChI=1S/C16H28N4OS.HI/c1-3-17-16(18-11-13(2)12-21)19-14-6-8-20(9-7-14)15-5-4-10-22-15;/h4-5,10,13-14,21H,3,6-9,11-12H2,1-2H3,(H2,17,18,19);1H. The minimum atomic E-state index is 0. The number of aliphatic hydroxyl groups is 1. The number of nitrogens with zero attached hydrogens (tertiary/aromatic N) is 2. The summed E-state index contributed by atoms with van der Waals surface area (Å²) in [7, 11) is 0. The molecule has 5 nitrogen and oxygen atoms in total. The van der Waals surface area contributed by atoms with Gasteiger partial charge in [-0.2, -0.15) is 0 Å². The molecule has 3 N–H and O–H groups in total. The fourth-order valence-corrected chi connectivity index (χ4v) is 3.30. The number of guanidine groups is 1. The van der Waals surface area contributed by atoms with Crippen LogP contribution >= 0.6 is 35.3 Å². The van der Waals surface area contributed by atoms with E-state index in [1.54, 1.807) is 0 Å². The van der Waals surface area contributed by atoms with Crippen molar-refractivity contribution in [2.45, 2.75) is 32.7 Å². The number of hydrogen-bond acceptors (Lipinski definition) is 4. The number of hydrogen-bond donors (Lipinski definition) is 3. The molecular weight excluding hydrogens is 423 g/mol. The van der Waals surface area contributed by atoms with Gasteiger partial charge in [0.25, 0.3) is 0 Å². The summed E-state index contributed by atoms with van der Waals surface area (Å²) in [6.45, 7) is 7.95. The van der Waals surface area contributed by atoms with Crippen molar-refractivity contribution in [3.8, 4) is 0 Å². The highest BCUT2D eigenvalue weighted by atomic mass is 127. The van der Waals surface area contributed by atoms with E-state index in [1.807, 2.05) is 18.3 Å². The third-order valence-electron chi connectivity index (χ3n) is 3.87. The molecule has 0 saturated carbocycles. The highest BCUT2D eigenvalue weighted by Gasteiger charge is 2.20. The first-order chi connectivity index (χ1) is 10.7. The van der Waals surface area contributed by atoms with Gasteiger partial charge in [-0.05, 0) is 43.2 Å². The molecule has 1 unspecified atom stereocenters. The molecule has 1 aromatic heterocycles. The summed E-state index contributed by atoms with van der Waals surface area (Å²) in [6.07, 6.45) is 2.25. The molecular formula is C16H29IN4OS. The molecule has 7 heteroatoms. The van der Waals surface area contributed by atoms with Gasteiger partial charge in [0.2, 0.25) is 0 Å². The van der Waals surface area contributed by atoms with Gasteiger partial charge in [-0.25, -0.2) is 0 Å². The van der Waals surface area contributed by atoms with Crippen molar-refractivity contribution in [1.29, 1.82) is 0 Å². The van der Waals surface area contributed by atoms with Crippen molar-refractivity contribution in [3.63, 3.8) is 0 Å². The number of nitrogens with one attached hydrogen (secondary N) is 2. The van der Waals surface area contributed by atoms with Crippen LogP contribution in [0.1, 0.15) is 26.7 Å². The van der Waals surface area contributed by atoms with Crippen LogP contribution in [0.2, 0.25) is 0 Å². The van der Waals surface area contributed by atoms with Crippen LogP contribution in [-0.2, 0) is 0 Å². The van der Waals surface area contributed by atoms with Gasteiger partial charge in [0.05, 0.1) is 5.00 Å². The number of halogens is 1. The van der Waals surface area contributed by atoms with Gasteiger partial charge in [-0.1, -0.05) is 6.92 Å². The molecule has 1 fully saturated rings. The Morgan fingerprint density at radius 2 is 2.22 bits per heavy atom. The Balaban J connectivity index is 0.00000264. The number of thiophene rings is 1. The molecule has 132 valence electrons. The van der Waals surface area contributed by atoms with Crippen LogP contribution in [0, 0.1) is 5.92 Å². The molecule has 1 atom stereocenters. The van der Waals surface area contributed by atoms with E-state index in [2.05, 4.69) is 45.0 Å². The van der Waals surface area contributed by atoms with Gasteiger partial charge in [-0.3, -0.25) is 4.99 Å². The second-order valence-corrected chi connectivity index (χ2v) is 6.79. The molecule has 0 bridgehead atoms. The van der Waals surface area contributed by atoms with Crippen molar-refractivity contribution in [2.24, 2.45) is 10.9 Å². The van der Waals surface area contributed by atoms with Gasteiger partial charge < -0.3 is 20.6 Å². The lowest BCUT2D eigenvalue weighted by Gasteiger charge is -2.33. The monoisotopic (exact) mass is 452 g/mol. The molecule has 1 aromatic rings. The van der Waals surface area contributed by atoms with Gasteiger partial charge >= 0.3 is 0 Å². The second kappa shape index (κ2) is 11.1. The largest absolute Gasteiger partial charge is 0.396 e. The SMILES string of the molecule is CCNC(=NCC(C)CO)NC1CCN(c2cccs2)CC1.I. The van der Waals surface area contributed by atoms with Gasteiger partial charge in [0, 0.05) is 38.8 Å². The number of rotatable bonds is 6. The van der Waals surface area contributed by atoms with Crippen molar-refractivity contribution in [1.82, 2.24) is 10.6 Å². The smallest absolute Gasteiger partial charge is 0.191 e. The van der Waals surface area contributed by atoms with Crippen molar-refractivity contribution < 1.29 is 5.11 Å². The second-order valence-electron chi connectivity index (χ2n) is 5.86. The van der Waals surface area contributed by atoms with Crippen LogP contribution in [0.25, 0.3) is 0 Å². The minimum Gasteiger partial charge on any atom is -0.396 e. The maximum atomic E-state index is 9.10. The van der Waals surface area contributed by atoms with E-state index in [9.17, 15) is 0 Å². The lowest BCUT2D eigenvalue weighted by molar-refractivity contribution is 0.241. The number of piperidine rings is 1. The molecule has 0 radical (unpaired) electrons. The molecule has 0 spiro atoms. The van der Waals surface area contributed by atoms with Gasteiger partial charge in [0.1, 0.15) is 0 Å². The lowest BCUT2D eigenvalue weighted by atomic mass is 10.1. The summed E-state index contributed by atoms with van der Waals surface area (Å²) in [5.41, 5.74) is 0. The molecule has 23 heavy (non-hydrogen) atoms. The Morgan fingerprint density at radius 1 is 1.48 bits per heavy atom. The Labute approximate surface area is 160 Å². The highest BCUT2D eigenvalue weighted by molar-refractivity contribution is 14.0. The Hall–Kier alpha value is -0.540. The summed E-state index contributed by atoms with van der Waals surface area (Å²) in [5.74, 6) is 1.08. The van der Waals surface area contributed by atoms with E-state index >= 15 is 0 Å². The average Bonchev–Trinajstić information content (AvgIpc) is 3.07. The predicted molar refractivity (Wildman–Crippen MR) is 110 cm³/mol. The Morgan fingerprint density at radius 3 is 2.78 bits per heavy atom. The molecule has 2 rings (SSSR count). The van der Waals surface area contributed by atoms with Crippen LogP contribution in [0.4, 0.5) is 5.00 Å². The lowest BCUT2D eigenvalue weighted by Crippen LogP contribution is -2.48. The molecule has 1 aliphatic rings. The summed E-state index contributed by atoms with van der Waals surface area (Å²) >= 11 is 1.81. The first-order valence-corrected chi connectivity index (χ1v) is 9.05. The van der Waals surface area contributed by atoms with E-state index in [4.69, 9.17) is 5.11 Å². The fraction of sp³-hybridized carbons (Fsp3) is 0.688. The van der Waals surface area contributed by atoms with Crippen LogP contribution in [0.3, 0.4) is 0 Å². The van der Waals surface area contributed by atoms with Crippen LogP contribution in [0.15, 0.2) is 22.5 Å². The van der Waals surface area contributed by atoms with Crippen molar-refractivity contribution >= 4 is 46.3 Å². The van der Waals surface area contributed by atoms with Gasteiger partial charge in [-0.15, -0.1) is 35.3 Å². The molecule has 0 aliphatic carbocycles. The number of anilines is 1. The third-order valence-corrected chi connectivity index (χ3v) is 4.80. The Bertz CT molecular complexity index is 447. The minimum absolute atomic E-state index is 0. The maximum absolute atomic E-state index is 9.10. The topological polar surface area (TPSA) is 59.9 Å². The molecule has 1 saturated heterocycles. The molecule has 0 amide bonds. The number of aliphatic imine (C=N–C) groups is 1. The third kappa shape index (κ3) is 6.84. The zero-order chi connectivity index (χ0) is 15.8. The van der Waals surface area contributed by atoms with E-state index in [0.29, 0.717) is 12.6 Å². The normalized spacial score (nSPS) is 17.5. The first kappa shape index (κ1) is 20.5. The van der Waals surface area contributed by atoms with Crippen molar-refractivity contribution in [3.05, 3.63) is 17.5 Å². The zero-order valence-corrected chi connectivity index (χ0v) is 17.1. The van der Waals surface area contributed by atoms with Crippen LogP contribution in [0.5, 0.6) is 0 Å². The zero-order valence-electron chi connectivity index (χ0n) is 14.0. The van der Waals surface area contributed by atoms with Crippen LogP contribution < -0.4 is 15.5 Å². The average molecular weight is 452 g/mol. The highest BCUT2D eigenvalue weighted by Crippen LogP contribution is 2.24. The van der Waals surface area contributed by atoms with Gasteiger partial charge in [0.15, 0.2) is 5.96 Å². The van der Waals surface area contributed by atoms with E-state index in [1.165, 1.54) is 5.00 Å². The molecule has 0 aromatic carbocycles. The van der Waals surface area contributed by atoms with Crippen molar-refractivity contribution in [2.75, 3.05) is 37.7 Å². The van der Waals surface area contributed by atoms with Crippen LogP contribution in [-0.4, -0.2) is 49.9 Å². The summed E-state index contributed by atoms with van der Waals surface area (Å²) in [5, 5.41) is 19.4. The first-order valence-electron chi connectivity index (χ1n) is 8.17. The number of aliphatic hydroxyl groups excluding tert-OH is 1. The quantitative estimate of drug-likeness (QED) is 0.353. The summed E-state index contributed by atoms with van der Waals surface area (Å²) in [6, 6.07) is 4.78.